The quantitative estimate of drug-likeness (QED) is 0.647. The lowest BCUT2D eigenvalue weighted by molar-refractivity contribution is -0.120. The zero-order valence-corrected chi connectivity index (χ0v) is 7.56. The molecule has 0 saturated heterocycles. The molecule has 0 atom stereocenters. The van der Waals surface area contributed by atoms with Gasteiger partial charge in [0.15, 0.2) is 0 Å². The van der Waals surface area contributed by atoms with Crippen molar-refractivity contribution in [2.75, 3.05) is 0 Å². The number of aliphatic hydroxyl groups is 1. The van der Waals surface area contributed by atoms with Crippen LogP contribution in [0.2, 0.25) is 0 Å². The molecule has 64 valence electrons. The van der Waals surface area contributed by atoms with Gasteiger partial charge in [0, 0.05) is 0 Å². The predicted molar refractivity (Wildman–Crippen MR) is 45.3 cm³/mol. The summed E-state index contributed by atoms with van der Waals surface area (Å²) < 4.78 is 0. The molecule has 2 rings (SSSR count). The zero-order valence-electron chi connectivity index (χ0n) is 7.56. The number of hydrogen-bond donors (Lipinski definition) is 1. The molecule has 0 amide bonds. The maximum atomic E-state index is 9.96. The predicted octanol–water partition coefficient (Wildman–Crippen LogP) is 2.34. The Labute approximate surface area is 68.8 Å². The standard InChI is InChI=1S/C10H18O/c1-9(2)6-10(11,7-9)5-8-3-4-8/h8,11H,3-7H2,1-2H3. The van der Waals surface area contributed by atoms with E-state index in [1.54, 1.807) is 0 Å². The van der Waals surface area contributed by atoms with Crippen LogP contribution in [0.5, 0.6) is 0 Å². The van der Waals surface area contributed by atoms with Crippen LogP contribution in [0.25, 0.3) is 0 Å². The van der Waals surface area contributed by atoms with Gasteiger partial charge in [0.2, 0.25) is 0 Å². The van der Waals surface area contributed by atoms with Crippen LogP contribution in [0.1, 0.15) is 46.0 Å². The van der Waals surface area contributed by atoms with Gasteiger partial charge in [-0.15, -0.1) is 0 Å². The Kier molecular flexibility index (Phi) is 1.39. The highest BCUT2D eigenvalue weighted by molar-refractivity contribution is 5.01. The monoisotopic (exact) mass is 154 g/mol. The minimum Gasteiger partial charge on any atom is -0.390 e. The molecule has 2 fully saturated rings. The molecule has 0 aromatic carbocycles. The smallest absolute Gasteiger partial charge is 0.0660 e. The van der Waals surface area contributed by atoms with Gasteiger partial charge in [-0.05, 0) is 30.6 Å². The summed E-state index contributed by atoms with van der Waals surface area (Å²) >= 11 is 0. The van der Waals surface area contributed by atoms with Crippen molar-refractivity contribution in [3.63, 3.8) is 0 Å². The van der Waals surface area contributed by atoms with Crippen molar-refractivity contribution in [3.8, 4) is 0 Å². The summed E-state index contributed by atoms with van der Waals surface area (Å²) in [5.74, 6) is 0.871. The molecule has 2 aliphatic rings. The molecule has 0 heterocycles. The normalized spacial score (nSPS) is 33.0. The molecule has 0 unspecified atom stereocenters. The van der Waals surface area contributed by atoms with E-state index in [0.717, 1.165) is 25.2 Å². The van der Waals surface area contributed by atoms with Gasteiger partial charge >= 0.3 is 0 Å². The SMILES string of the molecule is CC1(C)CC(O)(CC2CC2)C1. The van der Waals surface area contributed by atoms with E-state index in [0.29, 0.717) is 5.41 Å². The molecule has 0 spiro atoms. The van der Waals surface area contributed by atoms with E-state index in [1.165, 1.54) is 12.8 Å². The maximum absolute atomic E-state index is 9.96. The fourth-order valence-corrected chi connectivity index (χ4v) is 2.73. The number of hydrogen-bond acceptors (Lipinski definition) is 1. The van der Waals surface area contributed by atoms with Gasteiger partial charge in [0.25, 0.3) is 0 Å². The van der Waals surface area contributed by atoms with E-state index in [-0.39, 0.29) is 5.60 Å². The molecular weight excluding hydrogens is 136 g/mol. The van der Waals surface area contributed by atoms with Crippen LogP contribution >= 0.6 is 0 Å². The molecule has 11 heavy (non-hydrogen) atoms. The minimum absolute atomic E-state index is 0.259. The highest BCUT2D eigenvalue weighted by Crippen LogP contribution is 2.53. The minimum atomic E-state index is -0.259. The summed E-state index contributed by atoms with van der Waals surface area (Å²) in [5, 5.41) is 9.96. The van der Waals surface area contributed by atoms with Crippen molar-refractivity contribution in [2.45, 2.75) is 51.6 Å². The third kappa shape index (κ3) is 1.58. The topological polar surface area (TPSA) is 20.2 Å². The first-order valence-electron chi connectivity index (χ1n) is 4.72. The van der Waals surface area contributed by atoms with Crippen LogP contribution in [-0.4, -0.2) is 10.7 Å². The second-order valence-electron chi connectivity index (χ2n) is 5.39. The molecule has 1 nitrogen and oxygen atoms in total. The average molecular weight is 154 g/mol. The molecule has 1 heteroatoms. The molecule has 1 N–H and O–H groups in total. The first-order valence-corrected chi connectivity index (χ1v) is 4.72. The van der Waals surface area contributed by atoms with Gasteiger partial charge in [-0.3, -0.25) is 0 Å². The summed E-state index contributed by atoms with van der Waals surface area (Å²) in [6, 6.07) is 0. The van der Waals surface area contributed by atoms with Gasteiger partial charge in [-0.1, -0.05) is 26.7 Å². The van der Waals surface area contributed by atoms with E-state index in [2.05, 4.69) is 13.8 Å². The third-order valence-corrected chi connectivity index (χ3v) is 2.98. The Morgan fingerprint density at radius 3 is 2.18 bits per heavy atom. The molecule has 0 radical (unpaired) electrons. The highest BCUT2D eigenvalue weighted by atomic mass is 16.3. The van der Waals surface area contributed by atoms with Crippen molar-refractivity contribution in [2.24, 2.45) is 11.3 Å². The van der Waals surface area contributed by atoms with Gasteiger partial charge < -0.3 is 5.11 Å². The molecule has 0 aliphatic heterocycles. The third-order valence-electron chi connectivity index (χ3n) is 2.98. The summed E-state index contributed by atoms with van der Waals surface area (Å²) in [5.41, 5.74) is 0.161. The first kappa shape index (κ1) is 7.60. The molecule has 2 aliphatic carbocycles. The molecule has 0 bridgehead atoms. The molecule has 2 saturated carbocycles. The first-order chi connectivity index (χ1) is 4.99. The summed E-state index contributed by atoms with van der Waals surface area (Å²) in [6.45, 7) is 4.49. The van der Waals surface area contributed by atoms with Crippen molar-refractivity contribution in [1.82, 2.24) is 0 Å². The second kappa shape index (κ2) is 2.01. The van der Waals surface area contributed by atoms with E-state index < -0.39 is 0 Å². The molecule has 0 aromatic rings. The average Bonchev–Trinajstić information content (AvgIpc) is 2.41. The van der Waals surface area contributed by atoms with Crippen molar-refractivity contribution in [3.05, 3.63) is 0 Å². The maximum Gasteiger partial charge on any atom is 0.0660 e. The Hall–Kier alpha value is -0.0400. The van der Waals surface area contributed by atoms with Gasteiger partial charge in [-0.2, -0.15) is 0 Å². The van der Waals surface area contributed by atoms with Gasteiger partial charge in [-0.25, -0.2) is 0 Å². The Bertz CT molecular complexity index is 154. The largest absolute Gasteiger partial charge is 0.390 e. The van der Waals surface area contributed by atoms with Gasteiger partial charge in [0.1, 0.15) is 0 Å². The summed E-state index contributed by atoms with van der Waals surface area (Å²) in [4.78, 5) is 0. The van der Waals surface area contributed by atoms with E-state index >= 15 is 0 Å². The van der Waals surface area contributed by atoms with Crippen LogP contribution in [0.4, 0.5) is 0 Å². The Balaban J connectivity index is 1.84. The summed E-state index contributed by atoms with van der Waals surface area (Å²) in [7, 11) is 0. The zero-order chi connectivity index (χ0) is 8.11. The Morgan fingerprint density at radius 2 is 1.82 bits per heavy atom. The molecule has 0 aromatic heterocycles. The van der Waals surface area contributed by atoms with Crippen molar-refractivity contribution < 1.29 is 5.11 Å². The van der Waals surface area contributed by atoms with Crippen LogP contribution in [0.3, 0.4) is 0 Å². The summed E-state index contributed by atoms with van der Waals surface area (Å²) in [6.07, 6.45) is 5.86. The van der Waals surface area contributed by atoms with E-state index in [9.17, 15) is 5.11 Å². The van der Waals surface area contributed by atoms with E-state index in [1.807, 2.05) is 0 Å². The Morgan fingerprint density at radius 1 is 1.27 bits per heavy atom. The van der Waals surface area contributed by atoms with Crippen LogP contribution in [-0.2, 0) is 0 Å². The lowest BCUT2D eigenvalue weighted by atomic mass is 9.60. The highest BCUT2D eigenvalue weighted by Gasteiger charge is 2.49. The molecular formula is C10H18O. The lowest BCUT2D eigenvalue weighted by Gasteiger charge is -2.50. The second-order valence-corrected chi connectivity index (χ2v) is 5.39. The van der Waals surface area contributed by atoms with Crippen molar-refractivity contribution >= 4 is 0 Å². The number of rotatable bonds is 2. The van der Waals surface area contributed by atoms with Crippen LogP contribution in [0, 0.1) is 11.3 Å². The lowest BCUT2D eigenvalue weighted by Crippen LogP contribution is -2.49. The van der Waals surface area contributed by atoms with Crippen LogP contribution < -0.4 is 0 Å². The van der Waals surface area contributed by atoms with E-state index in [4.69, 9.17) is 0 Å². The van der Waals surface area contributed by atoms with Crippen LogP contribution in [0.15, 0.2) is 0 Å². The van der Waals surface area contributed by atoms with Gasteiger partial charge in [0.05, 0.1) is 5.60 Å². The fraction of sp³-hybridized carbons (Fsp3) is 1.00. The fourth-order valence-electron chi connectivity index (χ4n) is 2.73. The van der Waals surface area contributed by atoms with Crippen molar-refractivity contribution in [1.29, 1.82) is 0 Å².